The van der Waals surface area contributed by atoms with Gasteiger partial charge in [0.2, 0.25) is 0 Å². The molecule has 0 radical (unpaired) electrons. The van der Waals surface area contributed by atoms with E-state index in [1.807, 2.05) is 42.5 Å². The first-order valence-electron chi connectivity index (χ1n) is 11.6. The predicted molar refractivity (Wildman–Crippen MR) is 140 cm³/mol. The summed E-state index contributed by atoms with van der Waals surface area (Å²) in [7, 11) is 0. The van der Waals surface area contributed by atoms with Gasteiger partial charge < -0.3 is 10.2 Å². The van der Waals surface area contributed by atoms with Crippen LogP contribution in [0.5, 0.6) is 0 Å². The molecule has 1 saturated heterocycles. The Kier molecular flexibility index (Phi) is 6.74. The van der Waals surface area contributed by atoms with Crippen molar-refractivity contribution in [1.29, 1.82) is 0 Å². The number of carbonyl (C=O) groups is 1. The number of para-hydroxylation sites is 1. The van der Waals surface area contributed by atoms with Crippen LogP contribution in [0.25, 0.3) is 10.9 Å². The van der Waals surface area contributed by atoms with E-state index in [2.05, 4.69) is 56.5 Å². The number of pyridine rings is 1. The Labute approximate surface area is 205 Å². The Bertz CT molecular complexity index is 1270. The van der Waals surface area contributed by atoms with E-state index in [1.54, 1.807) is 6.20 Å². The molecule has 1 aliphatic rings. The number of nitrogens with zero attached hydrogens (tertiary/aromatic N) is 3. The fraction of sp³-hybridized carbons (Fsp3) is 0.214. The second-order valence-corrected chi connectivity index (χ2v) is 8.84. The zero-order valence-electron chi connectivity index (χ0n) is 19.0. The van der Waals surface area contributed by atoms with Crippen molar-refractivity contribution in [3.05, 3.63) is 102 Å². The van der Waals surface area contributed by atoms with Gasteiger partial charge in [-0.1, -0.05) is 60.7 Å². The van der Waals surface area contributed by atoms with E-state index < -0.39 is 0 Å². The van der Waals surface area contributed by atoms with Crippen LogP contribution in [-0.4, -0.2) is 42.0 Å². The van der Waals surface area contributed by atoms with Crippen molar-refractivity contribution in [3.8, 4) is 0 Å². The fourth-order valence-corrected chi connectivity index (χ4v) is 4.65. The minimum absolute atomic E-state index is 0.151. The maximum absolute atomic E-state index is 13.0. The first-order chi connectivity index (χ1) is 16.7. The summed E-state index contributed by atoms with van der Waals surface area (Å²) >= 11 is 5.89. The molecule has 0 spiro atoms. The molecule has 0 unspecified atom stereocenters. The number of alkyl halides is 1. The Balaban J connectivity index is 1.38. The van der Waals surface area contributed by atoms with E-state index in [1.165, 1.54) is 5.56 Å². The van der Waals surface area contributed by atoms with E-state index in [0.717, 1.165) is 60.6 Å². The number of rotatable bonds is 6. The molecule has 6 heteroatoms. The van der Waals surface area contributed by atoms with Crippen LogP contribution >= 0.6 is 11.6 Å². The third-order valence-electron chi connectivity index (χ3n) is 6.30. The van der Waals surface area contributed by atoms with Gasteiger partial charge in [-0.05, 0) is 29.3 Å². The molecule has 5 rings (SSSR count). The number of carbonyl (C=O) groups excluding carboxylic acids is 1. The first kappa shape index (κ1) is 22.4. The molecular formula is C28H27ClN4O. The number of nitrogens with one attached hydrogen (secondary N) is 1. The molecule has 1 aliphatic heterocycles. The van der Waals surface area contributed by atoms with Crippen molar-refractivity contribution in [2.75, 3.05) is 36.4 Å². The zero-order valence-corrected chi connectivity index (χ0v) is 19.7. The molecule has 172 valence electrons. The second-order valence-electron chi connectivity index (χ2n) is 8.57. The highest BCUT2D eigenvalue weighted by Crippen LogP contribution is 2.34. The number of hydrogen-bond acceptors (Lipinski definition) is 4. The van der Waals surface area contributed by atoms with Crippen LogP contribution in [0.4, 0.5) is 11.4 Å². The van der Waals surface area contributed by atoms with Crippen LogP contribution in [0.15, 0.2) is 85.1 Å². The van der Waals surface area contributed by atoms with Gasteiger partial charge in [-0.2, -0.15) is 0 Å². The smallest absolute Gasteiger partial charge is 0.255 e. The number of anilines is 2. The second kappa shape index (κ2) is 10.2. The standard InChI is InChI=1S/C28H27ClN4O/c29-18-21-10-12-23(13-11-21)28(34)31-26-19-30-25-9-5-4-8-24(25)27(26)33-16-14-32(15-17-33)20-22-6-2-1-3-7-22/h1-13,19H,14-18,20H2,(H,31,34). The van der Waals surface area contributed by atoms with Gasteiger partial charge in [-0.3, -0.25) is 14.7 Å². The van der Waals surface area contributed by atoms with Crippen molar-refractivity contribution in [1.82, 2.24) is 9.88 Å². The number of aromatic nitrogens is 1. The largest absolute Gasteiger partial charge is 0.367 e. The minimum Gasteiger partial charge on any atom is -0.367 e. The van der Waals surface area contributed by atoms with Crippen molar-refractivity contribution in [2.24, 2.45) is 0 Å². The van der Waals surface area contributed by atoms with Gasteiger partial charge in [0.25, 0.3) is 5.91 Å². The lowest BCUT2D eigenvalue weighted by atomic mass is 10.1. The summed E-state index contributed by atoms with van der Waals surface area (Å²) in [5, 5.41) is 4.17. The van der Waals surface area contributed by atoms with Gasteiger partial charge in [0.15, 0.2) is 0 Å². The van der Waals surface area contributed by atoms with E-state index >= 15 is 0 Å². The van der Waals surface area contributed by atoms with E-state index in [-0.39, 0.29) is 5.91 Å². The van der Waals surface area contributed by atoms with Gasteiger partial charge in [-0.15, -0.1) is 11.6 Å². The van der Waals surface area contributed by atoms with E-state index in [0.29, 0.717) is 11.4 Å². The van der Waals surface area contributed by atoms with Crippen LogP contribution in [0.3, 0.4) is 0 Å². The number of piperazine rings is 1. The summed E-state index contributed by atoms with van der Waals surface area (Å²) in [5.41, 5.74) is 5.62. The van der Waals surface area contributed by atoms with Crippen molar-refractivity contribution in [3.63, 3.8) is 0 Å². The lowest BCUT2D eigenvalue weighted by Crippen LogP contribution is -2.46. The summed E-state index contributed by atoms with van der Waals surface area (Å²) < 4.78 is 0. The lowest BCUT2D eigenvalue weighted by Gasteiger charge is -2.37. The van der Waals surface area contributed by atoms with Crippen LogP contribution < -0.4 is 10.2 Å². The van der Waals surface area contributed by atoms with Crippen molar-refractivity contribution in [2.45, 2.75) is 12.4 Å². The molecule has 1 aromatic heterocycles. The van der Waals surface area contributed by atoms with Crippen LogP contribution in [-0.2, 0) is 12.4 Å². The highest BCUT2D eigenvalue weighted by Gasteiger charge is 2.23. The number of hydrogen-bond donors (Lipinski definition) is 1. The van der Waals surface area contributed by atoms with Crippen molar-refractivity contribution >= 4 is 39.8 Å². The van der Waals surface area contributed by atoms with Gasteiger partial charge in [-0.25, -0.2) is 0 Å². The SMILES string of the molecule is O=C(Nc1cnc2ccccc2c1N1CCN(Cc2ccccc2)CC1)c1ccc(CCl)cc1. The first-order valence-corrected chi connectivity index (χ1v) is 12.1. The normalized spacial score (nSPS) is 14.3. The molecular weight excluding hydrogens is 444 g/mol. The van der Waals surface area contributed by atoms with Gasteiger partial charge in [0.05, 0.1) is 23.1 Å². The molecule has 3 aromatic carbocycles. The molecule has 1 amide bonds. The molecule has 5 nitrogen and oxygen atoms in total. The Morgan fingerprint density at radius 3 is 2.29 bits per heavy atom. The topological polar surface area (TPSA) is 48.5 Å². The number of benzene rings is 3. The highest BCUT2D eigenvalue weighted by atomic mass is 35.5. The monoisotopic (exact) mass is 470 g/mol. The summed E-state index contributed by atoms with van der Waals surface area (Å²) in [6, 6.07) is 26.1. The van der Waals surface area contributed by atoms with Crippen molar-refractivity contribution < 1.29 is 4.79 Å². The number of amides is 1. The van der Waals surface area contributed by atoms with Gasteiger partial charge >= 0.3 is 0 Å². The van der Waals surface area contributed by atoms with E-state index in [9.17, 15) is 4.79 Å². The van der Waals surface area contributed by atoms with Crippen LogP contribution in [0.2, 0.25) is 0 Å². The summed E-state index contributed by atoms with van der Waals surface area (Å²) in [5.74, 6) is 0.277. The minimum atomic E-state index is -0.151. The summed E-state index contributed by atoms with van der Waals surface area (Å²) in [4.78, 5) is 22.5. The molecule has 2 heterocycles. The molecule has 4 aromatic rings. The van der Waals surface area contributed by atoms with E-state index in [4.69, 9.17) is 11.6 Å². The molecule has 1 fully saturated rings. The maximum Gasteiger partial charge on any atom is 0.255 e. The highest BCUT2D eigenvalue weighted by molar-refractivity contribution is 6.17. The van der Waals surface area contributed by atoms with Crippen LogP contribution in [0.1, 0.15) is 21.5 Å². The summed E-state index contributed by atoms with van der Waals surface area (Å²) in [6.45, 7) is 4.63. The third kappa shape index (κ3) is 4.91. The zero-order chi connectivity index (χ0) is 23.3. The molecule has 1 N–H and O–H groups in total. The average Bonchev–Trinajstić information content (AvgIpc) is 2.90. The fourth-order valence-electron chi connectivity index (χ4n) is 4.47. The summed E-state index contributed by atoms with van der Waals surface area (Å²) in [6.07, 6.45) is 1.78. The Morgan fingerprint density at radius 1 is 0.853 bits per heavy atom. The Morgan fingerprint density at radius 2 is 1.56 bits per heavy atom. The molecule has 0 atom stereocenters. The predicted octanol–water partition coefficient (Wildman–Crippen LogP) is 5.55. The Hall–Kier alpha value is -3.41. The molecule has 0 saturated carbocycles. The maximum atomic E-state index is 13.0. The van der Waals surface area contributed by atoms with Crippen LogP contribution in [0, 0.1) is 0 Å². The molecule has 0 aliphatic carbocycles. The van der Waals surface area contributed by atoms with Gasteiger partial charge in [0, 0.05) is 49.6 Å². The van der Waals surface area contributed by atoms with Gasteiger partial charge in [0.1, 0.15) is 0 Å². The number of fused-ring (bicyclic) bond motifs is 1. The molecule has 34 heavy (non-hydrogen) atoms. The average molecular weight is 471 g/mol. The quantitative estimate of drug-likeness (QED) is 0.375. The third-order valence-corrected chi connectivity index (χ3v) is 6.61. The molecule has 0 bridgehead atoms. The lowest BCUT2D eigenvalue weighted by molar-refractivity contribution is 0.102. The number of halogens is 1.